The fraction of sp³-hybridized carbons (Fsp3) is 0.125. The van der Waals surface area contributed by atoms with Crippen molar-refractivity contribution >= 4 is 17.8 Å². The molecule has 1 N–H and O–H groups in total. The van der Waals surface area contributed by atoms with Crippen molar-refractivity contribution in [3.8, 4) is 5.75 Å². The van der Waals surface area contributed by atoms with Crippen LogP contribution in [0.15, 0.2) is 23.2 Å². The maximum absolute atomic E-state index is 9.25. The molecule has 0 amide bonds. The number of aromatic hydroxyl groups is 1. The minimum absolute atomic E-state index is 0.156. The Bertz CT molecular complexity index is 283. The third-order valence-electron chi connectivity index (χ3n) is 1.26. The van der Waals surface area contributed by atoms with E-state index >= 15 is 0 Å². The van der Waals surface area contributed by atoms with Crippen molar-refractivity contribution in [3.05, 3.63) is 28.8 Å². The molecule has 0 aromatic heterocycles. The topological polar surface area (TPSA) is 32.6 Å². The standard InChI is InChI=1S/C8H8ClNO/c1-10-5-6-2-3-7(9)4-8(6)11/h2-5,11H,1H3. The maximum atomic E-state index is 9.25. The molecule has 1 aromatic rings. The number of benzene rings is 1. The SMILES string of the molecule is CN=Cc1ccc(Cl)cc1O. The molecule has 0 heterocycles. The molecule has 0 aliphatic carbocycles. The van der Waals surface area contributed by atoms with Gasteiger partial charge in [0.15, 0.2) is 0 Å². The molecule has 0 bridgehead atoms. The molecule has 11 heavy (non-hydrogen) atoms. The zero-order valence-corrected chi connectivity index (χ0v) is 6.84. The number of rotatable bonds is 1. The molecule has 0 radical (unpaired) electrons. The van der Waals surface area contributed by atoms with Crippen molar-refractivity contribution < 1.29 is 5.11 Å². The Kier molecular flexibility index (Phi) is 2.49. The number of phenols is 1. The van der Waals surface area contributed by atoms with Gasteiger partial charge in [-0.15, -0.1) is 0 Å². The van der Waals surface area contributed by atoms with E-state index in [4.69, 9.17) is 11.6 Å². The summed E-state index contributed by atoms with van der Waals surface area (Å²) < 4.78 is 0. The summed E-state index contributed by atoms with van der Waals surface area (Å²) in [6.45, 7) is 0. The molecule has 0 fully saturated rings. The summed E-state index contributed by atoms with van der Waals surface area (Å²) >= 11 is 5.61. The molecule has 0 saturated carbocycles. The summed E-state index contributed by atoms with van der Waals surface area (Å²) in [6, 6.07) is 4.90. The third kappa shape index (κ3) is 1.95. The van der Waals surface area contributed by atoms with E-state index in [9.17, 15) is 5.11 Å². The van der Waals surface area contributed by atoms with Gasteiger partial charge >= 0.3 is 0 Å². The Labute approximate surface area is 70.2 Å². The molecule has 0 saturated heterocycles. The second-order valence-electron chi connectivity index (χ2n) is 2.09. The van der Waals surface area contributed by atoms with Crippen LogP contribution < -0.4 is 0 Å². The highest BCUT2D eigenvalue weighted by atomic mass is 35.5. The average Bonchev–Trinajstić information content (AvgIpc) is 1.95. The monoisotopic (exact) mass is 169 g/mol. The van der Waals surface area contributed by atoms with Crippen LogP contribution in [0, 0.1) is 0 Å². The van der Waals surface area contributed by atoms with Gasteiger partial charge in [0, 0.05) is 23.8 Å². The maximum Gasteiger partial charge on any atom is 0.125 e. The molecule has 0 aliphatic heterocycles. The lowest BCUT2D eigenvalue weighted by Gasteiger charge is -1.97. The summed E-state index contributed by atoms with van der Waals surface area (Å²) in [5.41, 5.74) is 0.678. The second kappa shape index (κ2) is 3.39. The Morgan fingerprint density at radius 3 is 2.82 bits per heavy atom. The summed E-state index contributed by atoms with van der Waals surface area (Å²) in [6.07, 6.45) is 1.58. The summed E-state index contributed by atoms with van der Waals surface area (Å²) in [5, 5.41) is 9.77. The van der Waals surface area contributed by atoms with E-state index in [0.717, 1.165) is 0 Å². The molecule has 1 rings (SSSR count). The van der Waals surface area contributed by atoms with Gasteiger partial charge < -0.3 is 5.11 Å². The summed E-state index contributed by atoms with van der Waals surface area (Å²) in [4.78, 5) is 3.77. The van der Waals surface area contributed by atoms with Crippen molar-refractivity contribution in [2.45, 2.75) is 0 Å². The minimum atomic E-state index is 0.156. The number of halogens is 1. The lowest BCUT2D eigenvalue weighted by atomic mass is 10.2. The van der Waals surface area contributed by atoms with Gasteiger partial charge in [0.1, 0.15) is 5.75 Å². The first-order valence-electron chi connectivity index (χ1n) is 3.14. The molecule has 0 atom stereocenters. The largest absolute Gasteiger partial charge is 0.507 e. The summed E-state index contributed by atoms with van der Waals surface area (Å²) in [7, 11) is 1.65. The highest BCUT2D eigenvalue weighted by molar-refractivity contribution is 6.30. The molecule has 0 unspecified atom stereocenters. The molecular formula is C8H8ClNO. The Hall–Kier alpha value is -1.02. The zero-order valence-electron chi connectivity index (χ0n) is 6.08. The first-order valence-corrected chi connectivity index (χ1v) is 3.52. The highest BCUT2D eigenvalue weighted by Crippen LogP contribution is 2.19. The van der Waals surface area contributed by atoms with Crippen LogP contribution in [0.1, 0.15) is 5.56 Å². The number of aliphatic imine (C=N–C) groups is 1. The van der Waals surface area contributed by atoms with Crippen LogP contribution in [-0.4, -0.2) is 18.4 Å². The van der Waals surface area contributed by atoms with Crippen molar-refractivity contribution in [3.63, 3.8) is 0 Å². The Morgan fingerprint density at radius 1 is 1.55 bits per heavy atom. The fourth-order valence-electron chi connectivity index (χ4n) is 0.765. The fourth-order valence-corrected chi connectivity index (χ4v) is 0.931. The van der Waals surface area contributed by atoms with Gasteiger partial charge in [-0.25, -0.2) is 0 Å². The molecule has 3 heteroatoms. The van der Waals surface area contributed by atoms with Crippen molar-refractivity contribution in [2.24, 2.45) is 4.99 Å². The van der Waals surface area contributed by atoms with Gasteiger partial charge in [0.2, 0.25) is 0 Å². The van der Waals surface area contributed by atoms with E-state index in [-0.39, 0.29) is 5.75 Å². The smallest absolute Gasteiger partial charge is 0.125 e. The lowest BCUT2D eigenvalue weighted by Crippen LogP contribution is -1.80. The van der Waals surface area contributed by atoms with E-state index in [1.54, 1.807) is 25.4 Å². The van der Waals surface area contributed by atoms with Gasteiger partial charge in [0.05, 0.1) is 0 Å². The number of hydrogen-bond acceptors (Lipinski definition) is 2. The van der Waals surface area contributed by atoms with Gasteiger partial charge in [-0.05, 0) is 18.2 Å². The molecule has 0 spiro atoms. The number of nitrogens with zero attached hydrogens (tertiary/aromatic N) is 1. The molecule has 0 aliphatic rings. The van der Waals surface area contributed by atoms with Crippen molar-refractivity contribution in [1.29, 1.82) is 0 Å². The second-order valence-corrected chi connectivity index (χ2v) is 2.53. The van der Waals surface area contributed by atoms with Crippen LogP contribution in [0.5, 0.6) is 5.75 Å². The van der Waals surface area contributed by atoms with Gasteiger partial charge in [-0.2, -0.15) is 0 Å². The van der Waals surface area contributed by atoms with Gasteiger partial charge in [-0.3, -0.25) is 4.99 Å². The van der Waals surface area contributed by atoms with Crippen LogP contribution in [0.3, 0.4) is 0 Å². The predicted molar refractivity (Wildman–Crippen MR) is 46.6 cm³/mol. The van der Waals surface area contributed by atoms with Crippen LogP contribution in [0.25, 0.3) is 0 Å². The van der Waals surface area contributed by atoms with Gasteiger partial charge in [-0.1, -0.05) is 11.6 Å². The normalized spacial score (nSPS) is 10.7. The number of phenolic OH excluding ortho intramolecular Hbond substituents is 1. The predicted octanol–water partition coefficient (Wildman–Crippen LogP) is 2.09. The number of hydrogen-bond donors (Lipinski definition) is 1. The first-order chi connectivity index (χ1) is 5.24. The van der Waals surface area contributed by atoms with Crippen LogP contribution >= 0.6 is 11.6 Å². The molecule has 2 nitrogen and oxygen atoms in total. The first kappa shape index (κ1) is 8.08. The Morgan fingerprint density at radius 2 is 2.27 bits per heavy atom. The van der Waals surface area contributed by atoms with Crippen molar-refractivity contribution in [1.82, 2.24) is 0 Å². The minimum Gasteiger partial charge on any atom is -0.507 e. The van der Waals surface area contributed by atoms with E-state index in [0.29, 0.717) is 10.6 Å². The molecule has 1 aromatic carbocycles. The molecule has 58 valence electrons. The van der Waals surface area contributed by atoms with E-state index in [1.807, 2.05) is 0 Å². The lowest BCUT2D eigenvalue weighted by molar-refractivity contribution is 0.474. The quantitative estimate of drug-likeness (QED) is 0.642. The highest BCUT2D eigenvalue weighted by Gasteiger charge is 1.96. The summed E-state index contributed by atoms with van der Waals surface area (Å²) in [5.74, 6) is 0.156. The zero-order chi connectivity index (χ0) is 8.27. The average molecular weight is 170 g/mol. The van der Waals surface area contributed by atoms with Crippen LogP contribution in [0.2, 0.25) is 5.02 Å². The van der Waals surface area contributed by atoms with E-state index < -0.39 is 0 Å². The third-order valence-corrected chi connectivity index (χ3v) is 1.50. The van der Waals surface area contributed by atoms with Gasteiger partial charge in [0.25, 0.3) is 0 Å². The molecular weight excluding hydrogens is 162 g/mol. The van der Waals surface area contributed by atoms with Crippen LogP contribution in [0.4, 0.5) is 0 Å². The van der Waals surface area contributed by atoms with E-state index in [1.165, 1.54) is 6.07 Å². The van der Waals surface area contributed by atoms with Crippen LogP contribution in [-0.2, 0) is 0 Å². The Balaban J connectivity index is 3.09. The van der Waals surface area contributed by atoms with E-state index in [2.05, 4.69) is 4.99 Å². The van der Waals surface area contributed by atoms with Crippen molar-refractivity contribution in [2.75, 3.05) is 7.05 Å².